The summed E-state index contributed by atoms with van der Waals surface area (Å²) in [6.07, 6.45) is 4.90. The molecule has 11 rings (SSSR count). The maximum absolute atomic E-state index is 2.81. The predicted molar refractivity (Wildman–Crippen MR) is 326 cm³/mol. The van der Waals surface area contributed by atoms with Gasteiger partial charge in [0.2, 0.25) is 0 Å². The molecule has 7 aromatic carbocycles. The molecule has 0 saturated heterocycles. The van der Waals surface area contributed by atoms with E-state index in [2.05, 4.69) is 271 Å². The van der Waals surface area contributed by atoms with Crippen LogP contribution in [-0.4, -0.2) is 20.3 Å². The Morgan fingerprint density at radius 3 is 1.58 bits per heavy atom. The summed E-state index contributed by atoms with van der Waals surface area (Å²) >= 11 is 0. The molecule has 2 atom stereocenters. The van der Waals surface area contributed by atoms with Crippen LogP contribution in [0.25, 0.3) is 11.1 Å². The molecule has 380 valence electrons. The van der Waals surface area contributed by atoms with Crippen LogP contribution in [0.1, 0.15) is 150 Å². The third-order valence-corrected chi connectivity index (χ3v) is 20.2. The summed E-state index contributed by atoms with van der Waals surface area (Å²) in [7, 11) is -1.57. The van der Waals surface area contributed by atoms with Gasteiger partial charge in [-0.05, 0) is 152 Å². The largest absolute Gasteiger partial charge is 0.334 e. The number of hydrogen-bond acceptors (Lipinski definition) is 3. The lowest BCUT2D eigenvalue weighted by molar-refractivity contribution is 0.195. The van der Waals surface area contributed by atoms with Crippen LogP contribution >= 0.6 is 0 Å². The SMILES string of the molecule is CC(C)(C)c1ccc(N2c3cc(N4c5ccc([Si](C)(C)C)cc5C5(C)CCCCC45C)ccc3B3c4ccc(C(C)(C)C)cc4N(c4ccc(C(C)(C)C)cc4-c4ccccc4)c4cc(C(C)(C)C)cc2c43)cc1. The number of rotatable bonds is 5. The van der Waals surface area contributed by atoms with Gasteiger partial charge in [-0.1, -0.05) is 207 Å². The van der Waals surface area contributed by atoms with Crippen LogP contribution in [0.5, 0.6) is 0 Å². The molecule has 74 heavy (non-hydrogen) atoms. The normalized spacial score (nSPS) is 19.5. The standard InChI is InChI=1S/C69H82BN3Si/c1-64(2,3)46-25-29-50(30-26-46)71-60-43-51(73-58-36-32-52(74(15,16)17)44-54(58)68(13)37-21-22-38-69(68,73)14)31-34-56(60)70-55-33-27-48(66(7,8)9)40-59(55)72(62-42-49(67(10,11)12)41-61(71)63(62)70)57-35-28-47(65(4,5)6)39-53(57)45-23-19-18-20-24-45/h18-20,23-36,39-44H,21-22,37-38H2,1-17H3. The molecular formula is C69H82BN3Si. The van der Waals surface area contributed by atoms with E-state index in [0.29, 0.717) is 0 Å². The summed E-state index contributed by atoms with van der Waals surface area (Å²) in [5, 5.41) is 1.56. The van der Waals surface area contributed by atoms with Crippen molar-refractivity contribution >= 4 is 81.9 Å². The first kappa shape index (κ1) is 50.4. The van der Waals surface area contributed by atoms with Gasteiger partial charge in [0, 0.05) is 50.8 Å². The van der Waals surface area contributed by atoms with Gasteiger partial charge in [-0.3, -0.25) is 0 Å². The van der Waals surface area contributed by atoms with E-state index in [9.17, 15) is 0 Å². The Morgan fingerprint density at radius 2 is 0.959 bits per heavy atom. The van der Waals surface area contributed by atoms with Gasteiger partial charge in [-0.25, -0.2) is 0 Å². The lowest BCUT2D eigenvalue weighted by atomic mass is 9.33. The highest BCUT2D eigenvalue weighted by Crippen LogP contribution is 2.61. The molecule has 3 aliphatic heterocycles. The van der Waals surface area contributed by atoms with Crippen molar-refractivity contribution in [2.24, 2.45) is 0 Å². The number of anilines is 8. The Kier molecular flexibility index (Phi) is 11.5. The molecule has 0 bridgehead atoms. The highest BCUT2D eigenvalue weighted by Gasteiger charge is 2.58. The van der Waals surface area contributed by atoms with Crippen molar-refractivity contribution in [3.8, 4) is 11.1 Å². The molecule has 0 amide bonds. The molecule has 4 aliphatic rings. The van der Waals surface area contributed by atoms with E-state index in [0.717, 1.165) is 0 Å². The zero-order chi connectivity index (χ0) is 52.9. The molecule has 3 nitrogen and oxygen atoms in total. The van der Waals surface area contributed by atoms with Crippen LogP contribution in [0.3, 0.4) is 0 Å². The summed E-state index contributed by atoms with van der Waals surface area (Å²) in [6.45, 7) is 40.9. The fourth-order valence-corrected chi connectivity index (χ4v) is 14.5. The van der Waals surface area contributed by atoms with E-state index < -0.39 is 8.07 Å². The Balaban J connectivity index is 1.23. The molecular weight excluding hydrogens is 910 g/mol. The predicted octanol–water partition coefficient (Wildman–Crippen LogP) is 16.9. The molecule has 0 N–H and O–H groups in total. The van der Waals surface area contributed by atoms with Gasteiger partial charge < -0.3 is 14.7 Å². The maximum atomic E-state index is 2.81. The minimum atomic E-state index is -1.57. The Bertz CT molecular complexity index is 3350. The van der Waals surface area contributed by atoms with Gasteiger partial charge in [0.05, 0.1) is 19.3 Å². The van der Waals surface area contributed by atoms with E-state index in [1.165, 1.54) is 121 Å². The number of benzene rings is 7. The quantitative estimate of drug-likeness (QED) is 0.159. The van der Waals surface area contributed by atoms with Crippen LogP contribution < -0.4 is 36.3 Å². The van der Waals surface area contributed by atoms with Crippen LogP contribution in [0, 0.1) is 0 Å². The third kappa shape index (κ3) is 7.95. The van der Waals surface area contributed by atoms with Crippen molar-refractivity contribution in [3.05, 3.63) is 167 Å². The Morgan fingerprint density at radius 1 is 0.446 bits per heavy atom. The van der Waals surface area contributed by atoms with Gasteiger partial charge in [0.25, 0.3) is 6.71 Å². The van der Waals surface area contributed by atoms with Crippen LogP contribution in [0.2, 0.25) is 19.6 Å². The van der Waals surface area contributed by atoms with E-state index >= 15 is 0 Å². The van der Waals surface area contributed by atoms with Crippen molar-refractivity contribution in [2.75, 3.05) is 14.7 Å². The van der Waals surface area contributed by atoms with E-state index in [1.807, 2.05) is 0 Å². The first-order chi connectivity index (χ1) is 34.6. The smallest absolute Gasteiger partial charge is 0.252 e. The number of nitrogens with zero attached hydrogens (tertiary/aromatic N) is 3. The molecule has 1 fully saturated rings. The highest BCUT2D eigenvalue weighted by molar-refractivity contribution is 7.00. The first-order valence-corrected chi connectivity index (χ1v) is 31.4. The van der Waals surface area contributed by atoms with E-state index in [4.69, 9.17) is 0 Å². The average Bonchev–Trinajstić information content (AvgIpc) is 3.55. The molecule has 3 heterocycles. The lowest BCUT2D eigenvalue weighted by Crippen LogP contribution is -2.61. The molecule has 7 aromatic rings. The number of fused-ring (bicyclic) bond motifs is 7. The van der Waals surface area contributed by atoms with Crippen molar-refractivity contribution < 1.29 is 0 Å². The summed E-state index contributed by atoms with van der Waals surface area (Å²) < 4.78 is 0. The Hall–Kier alpha value is -5.78. The summed E-state index contributed by atoms with van der Waals surface area (Å²) in [5.41, 5.74) is 23.4. The zero-order valence-corrected chi connectivity index (χ0v) is 49.0. The van der Waals surface area contributed by atoms with Crippen molar-refractivity contribution in [1.82, 2.24) is 0 Å². The van der Waals surface area contributed by atoms with Crippen molar-refractivity contribution in [1.29, 1.82) is 0 Å². The maximum Gasteiger partial charge on any atom is 0.252 e. The second-order valence-corrected chi connectivity index (χ2v) is 33.4. The molecule has 1 saturated carbocycles. The van der Waals surface area contributed by atoms with Crippen LogP contribution in [0.4, 0.5) is 45.5 Å². The first-order valence-electron chi connectivity index (χ1n) is 27.9. The van der Waals surface area contributed by atoms with Gasteiger partial charge in [0.1, 0.15) is 0 Å². The summed E-state index contributed by atoms with van der Waals surface area (Å²) in [6, 6.07) is 55.9. The van der Waals surface area contributed by atoms with Gasteiger partial charge >= 0.3 is 0 Å². The second kappa shape index (κ2) is 16.9. The lowest BCUT2D eigenvalue weighted by Gasteiger charge is -2.51. The molecule has 0 radical (unpaired) electrons. The third-order valence-electron chi connectivity index (χ3n) is 18.2. The molecule has 0 spiro atoms. The second-order valence-electron chi connectivity index (χ2n) is 28.3. The van der Waals surface area contributed by atoms with E-state index in [-0.39, 0.29) is 39.3 Å². The van der Waals surface area contributed by atoms with E-state index in [1.54, 1.807) is 10.8 Å². The monoisotopic (exact) mass is 992 g/mol. The summed E-state index contributed by atoms with van der Waals surface area (Å²) in [4.78, 5) is 8.14. The van der Waals surface area contributed by atoms with Crippen LogP contribution in [0.15, 0.2) is 140 Å². The molecule has 2 unspecified atom stereocenters. The highest BCUT2D eigenvalue weighted by atomic mass is 28.3. The van der Waals surface area contributed by atoms with Gasteiger partial charge in [-0.15, -0.1) is 0 Å². The van der Waals surface area contributed by atoms with Crippen LogP contribution in [-0.2, 0) is 27.1 Å². The average molecular weight is 992 g/mol. The fourth-order valence-electron chi connectivity index (χ4n) is 13.3. The molecule has 5 heteroatoms. The Labute approximate surface area is 447 Å². The molecule has 1 aliphatic carbocycles. The minimum absolute atomic E-state index is 0.00170. The molecule has 0 aromatic heterocycles. The summed E-state index contributed by atoms with van der Waals surface area (Å²) in [5.74, 6) is 0. The zero-order valence-electron chi connectivity index (χ0n) is 48.0. The minimum Gasteiger partial charge on any atom is -0.334 e. The van der Waals surface area contributed by atoms with Crippen molar-refractivity contribution in [2.45, 2.75) is 175 Å². The topological polar surface area (TPSA) is 9.72 Å². The van der Waals surface area contributed by atoms with Gasteiger partial charge in [-0.2, -0.15) is 0 Å². The fraction of sp³-hybridized carbons (Fsp3) is 0.391. The van der Waals surface area contributed by atoms with Crippen molar-refractivity contribution in [3.63, 3.8) is 0 Å². The van der Waals surface area contributed by atoms with Gasteiger partial charge in [0.15, 0.2) is 0 Å². The number of hydrogen-bond donors (Lipinski definition) is 0.